The molecule has 2 N–H and O–H groups in total. The van der Waals surface area contributed by atoms with E-state index in [1.54, 1.807) is 5.57 Å². The van der Waals surface area contributed by atoms with Crippen molar-refractivity contribution < 1.29 is 19.7 Å². The van der Waals surface area contributed by atoms with Gasteiger partial charge in [0.15, 0.2) is 0 Å². The highest BCUT2D eigenvalue weighted by Gasteiger charge is 2.91. The molecule has 5 nitrogen and oxygen atoms in total. The van der Waals surface area contributed by atoms with Crippen LogP contribution < -0.4 is 0 Å². The van der Waals surface area contributed by atoms with E-state index in [-0.39, 0.29) is 18.3 Å². The molecule has 2 aliphatic heterocycles. The lowest BCUT2D eigenvalue weighted by Crippen LogP contribution is -2.64. The van der Waals surface area contributed by atoms with Crippen molar-refractivity contribution in [2.75, 3.05) is 32.9 Å². The maximum Gasteiger partial charge on any atom is 0.0793 e. The predicted octanol–water partition coefficient (Wildman–Crippen LogP) is 4.17. The fourth-order valence-electron chi connectivity index (χ4n) is 12.5. The predicted molar refractivity (Wildman–Crippen MR) is 137 cm³/mol. The van der Waals surface area contributed by atoms with Crippen molar-refractivity contribution in [3.8, 4) is 0 Å². The summed E-state index contributed by atoms with van der Waals surface area (Å²) < 4.78 is 13.1. The summed E-state index contributed by atoms with van der Waals surface area (Å²) in [6.07, 6.45) is 15.4. The van der Waals surface area contributed by atoms with Gasteiger partial charge in [-0.05, 0) is 98.7 Å². The van der Waals surface area contributed by atoms with Crippen LogP contribution in [0.1, 0.15) is 78.1 Å². The monoisotopic (exact) mass is 497 g/mol. The molecular weight excluding hydrogens is 450 g/mol. The van der Waals surface area contributed by atoms with E-state index in [2.05, 4.69) is 24.8 Å². The second-order valence-electron chi connectivity index (χ2n) is 14.8. The minimum atomic E-state index is -0.205. The Morgan fingerprint density at radius 3 is 2.86 bits per heavy atom. The van der Waals surface area contributed by atoms with Gasteiger partial charge in [-0.1, -0.05) is 25.5 Å². The number of allylic oxidation sites excluding steroid dienone is 1. The van der Waals surface area contributed by atoms with Crippen LogP contribution in [-0.2, 0) is 9.47 Å². The minimum absolute atomic E-state index is 0.113. The van der Waals surface area contributed by atoms with Crippen LogP contribution in [0.15, 0.2) is 11.6 Å². The average molecular weight is 498 g/mol. The van der Waals surface area contributed by atoms with Crippen molar-refractivity contribution in [2.24, 2.45) is 45.8 Å². The summed E-state index contributed by atoms with van der Waals surface area (Å²) in [7, 11) is 0. The Hall–Kier alpha value is -0.460. The van der Waals surface area contributed by atoms with E-state index in [1.807, 2.05) is 0 Å². The summed E-state index contributed by atoms with van der Waals surface area (Å²) >= 11 is 0. The Labute approximate surface area is 217 Å². The van der Waals surface area contributed by atoms with Crippen LogP contribution in [0.5, 0.6) is 0 Å². The third-order valence-corrected chi connectivity index (χ3v) is 13.7. The van der Waals surface area contributed by atoms with E-state index in [4.69, 9.17) is 14.6 Å². The molecule has 5 saturated carbocycles. The van der Waals surface area contributed by atoms with Crippen LogP contribution in [0.2, 0.25) is 0 Å². The summed E-state index contributed by atoms with van der Waals surface area (Å²) in [4.78, 5) is 2.73. The molecular formula is C31H47NO4. The van der Waals surface area contributed by atoms with Crippen molar-refractivity contribution in [3.05, 3.63) is 11.6 Å². The molecule has 5 heteroatoms. The molecule has 8 rings (SSSR count). The molecule has 36 heavy (non-hydrogen) atoms. The van der Waals surface area contributed by atoms with Gasteiger partial charge < -0.3 is 19.7 Å². The lowest BCUT2D eigenvalue weighted by molar-refractivity contribution is -0.211. The maximum atomic E-state index is 10.4. The number of aliphatic hydroxyl groups is 2. The van der Waals surface area contributed by atoms with Gasteiger partial charge in [0.2, 0.25) is 0 Å². The van der Waals surface area contributed by atoms with E-state index in [1.165, 1.54) is 64.3 Å². The maximum absolute atomic E-state index is 10.4. The number of aliphatic hydroxyl groups excluding tert-OH is 2. The molecule has 2 saturated heterocycles. The standard InChI is InChI=1S/C31H47NO4/c1-19-13-26-27(32(17-19)9-11-35-12-10-33)25-16-30-18-29(30)15-24-22(23(29)6-8-31(25,30)36-26)4-3-20-14-21(34)5-7-28(20,24)2/h14,19,21-27,33-34H,3-13,15-18H2,1-2H3/t19-,21-,22-,23-,24-,25+,26+,27-,28-,29?,30?,31?/m0/s1. The number of likely N-dealkylation sites (tertiary alicyclic amines) is 1. The zero-order chi connectivity index (χ0) is 24.5. The van der Waals surface area contributed by atoms with E-state index < -0.39 is 0 Å². The molecule has 0 aromatic carbocycles. The van der Waals surface area contributed by atoms with Crippen molar-refractivity contribution in [2.45, 2.75) is 102 Å². The van der Waals surface area contributed by atoms with Crippen LogP contribution in [0.4, 0.5) is 0 Å². The molecule has 0 amide bonds. The average Bonchev–Trinajstić information content (AvgIpc) is 3.33. The molecule has 0 radical (unpaired) electrons. The lowest BCUT2D eigenvalue weighted by atomic mass is 9.47. The molecule has 2 heterocycles. The van der Waals surface area contributed by atoms with Crippen LogP contribution in [0.3, 0.4) is 0 Å². The van der Waals surface area contributed by atoms with Gasteiger partial charge >= 0.3 is 0 Å². The first-order valence-corrected chi connectivity index (χ1v) is 15.4. The van der Waals surface area contributed by atoms with Gasteiger partial charge in [-0.25, -0.2) is 0 Å². The Kier molecular flexibility index (Phi) is 4.94. The second kappa shape index (κ2) is 7.59. The number of hydrogen-bond acceptors (Lipinski definition) is 5. The SMILES string of the molecule is C[C@H]1C[C@H]2OC34CC[C@H]5[C@@H]6CCC7=C[C@@H](O)CC[C@]7(C)[C@H]6CC56CC63C[C@@H]4[C@@H]2N(CCOCCO)C1. The molecule has 3 spiro atoms. The second-order valence-corrected chi connectivity index (χ2v) is 14.8. The summed E-state index contributed by atoms with van der Waals surface area (Å²) in [6, 6.07) is 0.578. The summed E-state index contributed by atoms with van der Waals surface area (Å²) in [5, 5.41) is 19.5. The fourth-order valence-corrected chi connectivity index (χ4v) is 12.5. The Balaban J connectivity index is 1.07. The number of rotatable bonds is 5. The van der Waals surface area contributed by atoms with Gasteiger partial charge in [-0.3, -0.25) is 4.90 Å². The molecule has 12 atom stereocenters. The third kappa shape index (κ3) is 2.66. The topological polar surface area (TPSA) is 62.2 Å². The highest BCUT2D eigenvalue weighted by molar-refractivity contribution is 5.41. The normalized spacial score (nSPS) is 58.3. The Morgan fingerprint density at radius 2 is 2.00 bits per heavy atom. The van der Waals surface area contributed by atoms with Gasteiger partial charge in [-0.15, -0.1) is 0 Å². The smallest absolute Gasteiger partial charge is 0.0793 e. The zero-order valence-corrected chi connectivity index (χ0v) is 22.5. The molecule has 7 fully saturated rings. The molecule has 0 aromatic heterocycles. The molecule has 0 bridgehead atoms. The first-order valence-electron chi connectivity index (χ1n) is 15.4. The van der Waals surface area contributed by atoms with Crippen LogP contribution in [-0.4, -0.2) is 71.9 Å². The lowest BCUT2D eigenvalue weighted by Gasteiger charge is -2.60. The summed E-state index contributed by atoms with van der Waals surface area (Å²) in [5.41, 5.74) is 3.12. The van der Waals surface area contributed by atoms with Crippen LogP contribution in [0, 0.1) is 45.8 Å². The van der Waals surface area contributed by atoms with Gasteiger partial charge in [0, 0.05) is 30.5 Å². The van der Waals surface area contributed by atoms with Crippen LogP contribution >= 0.6 is 0 Å². The minimum Gasteiger partial charge on any atom is -0.394 e. The van der Waals surface area contributed by atoms with Gasteiger partial charge in [0.05, 0.1) is 37.6 Å². The molecule has 200 valence electrons. The highest BCUT2D eigenvalue weighted by Crippen LogP contribution is 2.93. The Bertz CT molecular complexity index is 968. The van der Waals surface area contributed by atoms with E-state index >= 15 is 0 Å². The number of fused-ring (bicyclic) bond motifs is 6. The van der Waals surface area contributed by atoms with Crippen molar-refractivity contribution in [1.82, 2.24) is 4.90 Å². The zero-order valence-electron chi connectivity index (χ0n) is 22.5. The number of ether oxygens (including phenoxy) is 2. The number of piperidine rings is 1. The Morgan fingerprint density at radius 1 is 1.11 bits per heavy atom. The van der Waals surface area contributed by atoms with Gasteiger partial charge in [0.25, 0.3) is 0 Å². The van der Waals surface area contributed by atoms with E-state index in [0.29, 0.717) is 46.8 Å². The number of nitrogens with zero attached hydrogens (tertiary/aromatic N) is 1. The summed E-state index contributed by atoms with van der Waals surface area (Å²) in [5.74, 6) is 4.05. The quantitative estimate of drug-likeness (QED) is 0.441. The first kappa shape index (κ1) is 23.4. The molecule has 0 aromatic rings. The third-order valence-electron chi connectivity index (χ3n) is 13.7. The first-order chi connectivity index (χ1) is 17.4. The van der Waals surface area contributed by atoms with Crippen molar-refractivity contribution in [1.29, 1.82) is 0 Å². The molecule has 8 aliphatic rings. The van der Waals surface area contributed by atoms with E-state index in [0.717, 1.165) is 37.3 Å². The van der Waals surface area contributed by atoms with Crippen molar-refractivity contribution >= 4 is 0 Å². The summed E-state index contributed by atoms with van der Waals surface area (Å²) in [6.45, 7) is 8.41. The number of hydrogen-bond donors (Lipinski definition) is 2. The largest absolute Gasteiger partial charge is 0.394 e. The van der Waals surface area contributed by atoms with Gasteiger partial charge in [-0.2, -0.15) is 0 Å². The fraction of sp³-hybridized carbons (Fsp3) is 0.935. The van der Waals surface area contributed by atoms with Crippen molar-refractivity contribution in [3.63, 3.8) is 0 Å². The molecule has 6 aliphatic carbocycles. The highest BCUT2D eigenvalue weighted by atomic mass is 16.5. The molecule has 3 unspecified atom stereocenters. The van der Waals surface area contributed by atoms with Crippen LogP contribution in [0.25, 0.3) is 0 Å². The van der Waals surface area contributed by atoms with Gasteiger partial charge in [0.1, 0.15) is 0 Å². The van der Waals surface area contributed by atoms with E-state index in [9.17, 15) is 5.11 Å².